The first-order valence-corrected chi connectivity index (χ1v) is 6.69. The highest BCUT2D eigenvalue weighted by Gasteiger charge is 2.17. The number of nitrogens with two attached hydrogens (primary N) is 1. The number of anilines is 1. The zero-order chi connectivity index (χ0) is 14.5. The molecule has 1 aliphatic rings. The Bertz CT molecular complexity index is 513. The number of hydrogen-bond donors (Lipinski definition) is 2. The molecule has 0 saturated carbocycles. The maximum atomic E-state index is 13.0. The molecule has 1 heterocycles. The van der Waals surface area contributed by atoms with Gasteiger partial charge in [0.2, 0.25) is 5.91 Å². The minimum Gasteiger partial charge on any atom is -0.396 e. The van der Waals surface area contributed by atoms with E-state index in [9.17, 15) is 14.0 Å². The van der Waals surface area contributed by atoms with Crippen LogP contribution in [0.3, 0.4) is 0 Å². The Morgan fingerprint density at radius 2 is 2.00 bits per heavy atom. The van der Waals surface area contributed by atoms with Crippen molar-refractivity contribution in [2.45, 2.75) is 19.3 Å². The first kappa shape index (κ1) is 14.3. The molecule has 0 unspecified atom stereocenters. The fourth-order valence-electron chi connectivity index (χ4n) is 2.19. The smallest absolute Gasteiger partial charge is 0.251 e. The highest BCUT2D eigenvalue weighted by atomic mass is 19.1. The maximum Gasteiger partial charge on any atom is 0.251 e. The number of halogens is 1. The van der Waals surface area contributed by atoms with Crippen LogP contribution < -0.4 is 11.1 Å². The van der Waals surface area contributed by atoms with Gasteiger partial charge in [-0.3, -0.25) is 9.59 Å². The average molecular weight is 279 g/mol. The highest BCUT2D eigenvalue weighted by Crippen LogP contribution is 2.12. The summed E-state index contributed by atoms with van der Waals surface area (Å²) in [7, 11) is 0. The number of hydrogen-bond acceptors (Lipinski definition) is 3. The van der Waals surface area contributed by atoms with Crippen molar-refractivity contribution in [2.24, 2.45) is 0 Å². The molecule has 1 aromatic carbocycles. The molecule has 1 saturated heterocycles. The Labute approximate surface area is 116 Å². The lowest BCUT2D eigenvalue weighted by Crippen LogP contribution is -2.32. The molecule has 1 aliphatic heterocycles. The molecule has 0 aliphatic carbocycles. The van der Waals surface area contributed by atoms with Crippen LogP contribution in [0.25, 0.3) is 0 Å². The fraction of sp³-hybridized carbons (Fsp3) is 0.429. The van der Waals surface area contributed by atoms with Gasteiger partial charge < -0.3 is 16.0 Å². The average Bonchev–Trinajstić information content (AvgIpc) is 2.95. The van der Waals surface area contributed by atoms with Gasteiger partial charge in [0.25, 0.3) is 5.91 Å². The second kappa shape index (κ2) is 6.36. The number of nitrogens with zero attached hydrogens (tertiary/aromatic N) is 1. The van der Waals surface area contributed by atoms with Crippen LogP contribution in [0.15, 0.2) is 18.2 Å². The van der Waals surface area contributed by atoms with E-state index in [2.05, 4.69) is 5.32 Å². The van der Waals surface area contributed by atoms with Crippen molar-refractivity contribution >= 4 is 17.5 Å². The van der Waals surface area contributed by atoms with E-state index in [1.807, 2.05) is 4.90 Å². The Kier molecular flexibility index (Phi) is 4.55. The second-order valence-corrected chi connectivity index (χ2v) is 4.83. The number of nitrogens with one attached hydrogen (secondary N) is 1. The zero-order valence-corrected chi connectivity index (χ0v) is 11.2. The molecule has 3 N–H and O–H groups in total. The third-order valence-electron chi connectivity index (χ3n) is 3.34. The van der Waals surface area contributed by atoms with Crippen LogP contribution in [0.5, 0.6) is 0 Å². The maximum absolute atomic E-state index is 13.0. The van der Waals surface area contributed by atoms with Crippen LogP contribution >= 0.6 is 0 Å². The van der Waals surface area contributed by atoms with E-state index >= 15 is 0 Å². The van der Waals surface area contributed by atoms with E-state index in [1.54, 1.807) is 0 Å². The SMILES string of the molecule is Nc1cc(C(=O)NCCC(=O)N2CCCC2)ccc1F. The third-order valence-corrected chi connectivity index (χ3v) is 3.34. The van der Waals surface area contributed by atoms with Crippen molar-refractivity contribution in [3.8, 4) is 0 Å². The summed E-state index contributed by atoms with van der Waals surface area (Å²) in [6.07, 6.45) is 2.38. The lowest BCUT2D eigenvalue weighted by molar-refractivity contribution is -0.129. The minimum absolute atomic E-state index is 0.0569. The largest absolute Gasteiger partial charge is 0.396 e. The summed E-state index contributed by atoms with van der Waals surface area (Å²) in [4.78, 5) is 25.4. The summed E-state index contributed by atoms with van der Waals surface area (Å²) in [5.41, 5.74) is 5.63. The molecule has 5 nitrogen and oxygen atoms in total. The molecule has 1 aromatic rings. The Hall–Kier alpha value is -2.11. The van der Waals surface area contributed by atoms with Gasteiger partial charge in [-0.2, -0.15) is 0 Å². The number of likely N-dealkylation sites (tertiary alicyclic amines) is 1. The summed E-state index contributed by atoms with van der Waals surface area (Å²) in [5.74, 6) is -0.849. The van der Waals surface area contributed by atoms with Gasteiger partial charge in [-0.25, -0.2) is 4.39 Å². The summed E-state index contributed by atoms with van der Waals surface area (Å²) in [6, 6.07) is 3.80. The molecule has 2 rings (SSSR count). The molecule has 0 atom stereocenters. The molecule has 0 radical (unpaired) electrons. The molecule has 6 heteroatoms. The lowest BCUT2D eigenvalue weighted by atomic mass is 10.2. The number of rotatable bonds is 4. The molecule has 0 spiro atoms. The van der Waals surface area contributed by atoms with E-state index in [0.717, 1.165) is 32.0 Å². The van der Waals surface area contributed by atoms with Crippen LogP contribution in [-0.4, -0.2) is 36.3 Å². The predicted octanol–water partition coefficient (Wildman–Crippen LogP) is 1.15. The van der Waals surface area contributed by atoms with E-state index in [-0.39, 0.29) is 36.0 Å². The zero-order valence-electron chi connectivity index (χ0n) is 11.2. The summed E-state index contributed by atoms with van der Waals surface area (Å²) in [6.45, 7) is 1.88. The number of carbonyl (C=O) groups is 2. The molecule has 1 fully saturated rings. The van der Waals surface area contributed by atoms with Crippen molar-refractivity contribution in [3.63, 3.8) is 0 Å². The van der Waals surface area contributed by atoms with E-state index in [0.29, 0.717) is 0 Å². The molecule has 20 heavy (non-hydrogen) atoms. The number of carbonyl (C=O) groups excluding carboxylic acids is 2. The van der Waals surface area contributed by atoms with Crippen LogP contribution in [-0.2, 0) is 4.79 Å². The highest BCUT2D eigenvalue weighted by molar-refractivity contribution is 5.95. The van der Waals surface area contributed by atoms with Crippen molar-refractivity contribution in [1.82, 2.24) is 10.2 Å². The molecule has 108 valence electrons. The number of amides is 2. The van der Waals surface area contributed by atoms with Crippen LogP contribution in [0.4, 0.5) is 10.1 Å². The van der Waals surface area contributed by atoms with Crippen molar-refractivity contribution in [2.75, 3.05) is 25.4 Å². The molecular weight excluding hydrogens is 261 g/mol. The molecule has 0 bridgehead atoms. The van der Waals surface area contributed by atoms with E-state index in [1.165, 1.54) is 12.1 Å². The topological polar surface area (TPSA) is 75.4 Å². The lowest BCUT2D eigenvalue weighted by Gasteiger charge is -2.15. The van der Waals surface area contributed by atoms with Gasteiger partial charge in [0.1, 0.15) is 5.82 Å². The van der Waals surface area contributed by atoms with Crippen molar-refractivity contribution < 1.29 is 14.0 Å². The summed E-state index contributed by atoms with van der Waals surface area (Å²) < 4.78 is 13.0. The minimum atomic E-state index is -0.550. The summed E-state index contributed by atoms with van der Waals surface area (Å²) >= 11 is 0. The van der Waals surface area contributed by atoms with Crippen LogP contribution in [0, 0.1) is 5.82 Å². The van der Waals surface area contributed by atoms with Crippen molar-refractivity contribution in [1.29, 1.82) is 0 Å². The molecule has 0 aromatic heterocycles. The fourth-order valence-corrected chi connectivity index (χ4v) is 2.19. The third kappa shape index (κ3) is 3.46. The van der Waals surface area contributed by atoms with Gasteiger partial charge in [-0.05, 0) is 31.0 Å². The number of benzene rings is 1. The van der Waals surface area contributed by atoms with Crippen LogP contribution in [0.1, 0.15) is 29.6 Å². The monoisotopic (exact) mass is 279 g/mol. The summed E-state index contributed by atoms with van der Waals surface area (Å²) in [5, 5.41) is 2.64. The predicted molar refractivity (Wildman–Crippen MR) is 73.6 cm³/mol. The van der Waals surface area contributed by atoms with Gasteiger partial charge in [0.15, 0.2) is 0 Å². The quantitative estimate of drug-likeness (QED) is 0.812. The van der Waals surface area contributed by atoms with Gasteiger partial charge in [-0.15, -0.1) is 0 Å². The first-order chi connectivity index (χ1) is 9.58. The van der Waals surface area contributed by atoms with Gasteiger partial charge in [0.05, 0.1) is 5.69 Å². The standard InChI is InChI=1S/C14H18FN3O2/c15-11-4-3-10(9-12(11)16)14(20)17-6-5-13(19)18-7-1-2-8-18/h3-4,9H,1-2,5-8,16H2,(H,17,20). The van der Waals surface area contributed by atoms with Crippen LogP contribution in [0.2, 0.25) is 0 Å². The first-order valence-electron chi connectivity index (χ1n) is 6.69. The Morgan fingerprint density at radius 1 is 1.30 bits per heavy atom. The van der Waals surface area contributed by atoms with Gasteiger partial charge in [-0.1, -0.05) is 0 Å². The van der Waals surface area contributed by atoms with E-state index in [4.69, 9.17) is 5.73 Å². The molecular formula is C14H18FN3O2. The van der Waals surface area contributed by atoms with E-state index < -0.39 is 5.82 Å². The molecule has 2 amide bonds. The van der Waals surface area contributed by atoms with Gasteiger partial charge >= 0.3 is 0 Å². The number of nitrogen functional groups attached to an aromatic ring is 1. The Balaban J connectivity index is 1.79. The second-order valence-electron chi connectivity index (χ2n) is 4.83. The normalized spacial score (nSPS) is 14.3. The van der Waals surface area contributed by atoms with Crippen molar-refractivity contribution in [3.05, 3.63) is 29.6 Å². The Morgan fingerprint density at radius 3 is 2.65 bits per heavy atom. The van der Waals surface area contributed by atoms with Gasteiger partial charge in [0, 0.05) is 31.6 Å².